The van der Waals surface area contributed by atoms with Gasteiger partial charge in [0.2, 0.25) is 0 Å². The molecule has 0 aliphatic carbocycles. The molecule has 1 fully saturated rings. The van der Waals surface area contributed by atoms with Gasteiger partial charge >= 0.3 is 6.03 Å². The molecule has 1 aromatic heterocycles. The van der Waals surface area contributed by atoms with Crippen molar-refractivity contribution < 1.29 is 9.18 Å². The van der Waals surface area contributed by atoms with E-state index in [1.54, 1.807) is 12.1 Å². The van der Waals surface area contributed by atoms with E-state index in [1.807, 2.05) is 13.0 Å². The third-order valence-corrected chi connectivity index (χ3v) is 4.34. The number of aryl methyl sites for hydroxylation is 1. The van der Waals surface area contributed by atoms with Crippen LogP contribution in [0.2, 0.25) is 0 Å². The van der Waals surface area contributed by atoms with E-state index >= 15 is 0 Å². The summed E-state index contributed by atoms with van der Waals surface area (Å²) in [6.45, 7) is 4.79. The Labute approximate surface area is 158 Å². The number of aromatic nitrogens is 2. The summed E-state index contributed by atoms with van der Waals surface area (Å²) in [7, 11) is 0. The lowest BCUT2D eigenvalue weighted by Crippen LogP contribution is -2.33. The average molecular weight is 372 g/mol. The summed E-state index contributed by atoms with van der Waals surface area (Å²) in [6, 6.07) is 7.54. The minimum atomic E-state index is -0.465. The maximum absolute atomic E-state index is 13.5. The molecule has 7 nitrogen and oxygen atoms in total. The zero-order chi connectivity index (χ0) is 19.1. The second-order valence-electron chi connectivity index (χ2n) is 6.49. The molecular formula is C19H25FN6O. The van der Waals surface area contributed by atoms with Crippen LogP contribution in [-0.4, -0.2) is 42.2 Å². The molecule has 2 aromatic rings. The first-order valence-electron chi connectivity index (χ1n) is 9.26. The van der Waals surface area contributed by atoms with Gasteiger partial charge in [0.1, 0.15) is 23.3 Å². The number of carbonyl (C=O) groups excluding carboxylic acids is 1. The summed E-state index contributed by atoms with van der Waals surface area (Å²) in [5.74, 6) is 1.92. The number of rotatable bonds is 6. The largest absolute Gasteiger partial charge is 0.368 e. The molecule has 8 heteroatoms. The number of benzene rings is 1. The predicted molar refractivity (Wildman–Crippen MR) is 105 cm³/mol. The highest BCUT2D eigenvalue weighted by molar-refractivity contribution is 5.89. The Balaban J connectivity index is 1.46. The Kier molecular flexibility index (Phi) is 6.40. The van der Waals surface area contributed by atoms with E-state index in [4.69, 9.17) is 0 Å². The van der Waals surface area contributed by atoms with Crippen molar-refractivity contribution in [3.8, 4) is 0 Å². The van der Waals surface area contributed by atoms with E-state index < -0.39 is 11.8 Å². The van der Waals surface area contributed by atoms with Crippen LogP contribution in [0.4, 0.5) is 26.5 Å². The molecule has 1 saturated heterocycles. The molecule has 0 spiro atoms. The van der Waals surface area contributed by atoms with Crippen molar-refractivity contribution in [3.05, 3.63) is 42.0 Å². The van der Waals surface area contributed by atoms with Gasteiger partial charge in [0.15, 0.2) is 0 Å². The van der Waals surface area contributed by atoms with E-state index in [9.17, 15) is 9.18 Å². The van der Waals surface area contributed by atoms with Gasteiger partial charge in [-0.05, 0) is 38.3 Å². The van der Waals surface area contributed by atoms with Crippen LogP contribution in [0.3, 0.4) is 0 Å². The van der Waals surface area contributed by atoms with Gasteiger partial charge < -0.3 is 20.9 Å². The van der Waals surface area contributed by atoms with Crippen LogP contribution in [0.25, 0.3) is 0 Å². The molecule has 0 unspecified atom stereocenters. The lowest BCUT2D eigenvalue weighted by molar-refractivity contribution is 0.252. The normalized spacial score (nSPS) is 13.9. The number of hydrogen-bond donors (Lipinski definition) is 3. The van der Waals surface area contributed by atoms with Crippen molar-refractivity contribution in [2.24, 2.45) is 0 Å². The zero-order valence-electron chi connectivity index (χ0n) is 15.5. The number of amides is 2. The lowest BCUT2D eigenvalue weighted by atomic mass is 10.1. The Bertz CT molecular complexity index is 779. The van der Waals surface area contributed by atoms with Crippen LogP contribution in [0.1, 0.15) is 25.1 Å². The highest BCUT2D eigenvalue weighted by atomic mass is 19.1. The maximum atomic E-state index is 13.5. The third kappa shape index (κ3) is 5.54. The summed E-state index contributed by atoms with van der Waals surface area (Å²) >= 11 is 0. The molecule has 0 bridgehead atoms. The number of para-hydroxylation sites is 1. The minimum Gasteiger partial charge on any atom is -0.368 e. The number of urea groups is 1. The number of halogens is 1. The molecule has 1 aromatic carbocycles. The number of hydrogen-bond acceptors (Lipinski definition) is 5. The Morgan fingerprint density at radius 3 is 2.70 bits per heavy atom. The average Bonchev–Trinajstić information content (AvgIpc) is 2.67. The maximum Gasteiger partial charge on any atom is 0.319 e. The van der Waals surface area contributed by atoms with E-state index in [0.29, 0.717) is 18.9 Å². The molecule has 0 atom stereocenters. The van der Waals surface area contributed by atoms with Crippen molar-refractivity contribution in [2.75, 3.05) is 41.7 Å². The first-order chi connectivity index (χ1) is 13.1. The number of nitrogens with one attached hydrogen (secondary N) is 3. The van der Waals surface area contributed by atoms with Crippen molar-refractivity contribution >= 4 is 23.4 Å². The fraction of sp³-hybridized carbons (Fsp3) is 0.421. The zero-order valence-corrected chi connectivity index (χ0v) is 15.5. The summed E-state index contributed by atoms with van der Waals surface area (Å²) in [5.41, 5.74) is 0.153. The summed E-state index contributed by atoms with van der Waals surface area (Å²) in [4.78, 5) is 23.0. The first-order valence-corrected chi connectivity index (χ1v) is 9.26. The van der Waals surface area contributed by atoms with E-state index in [2.05, 4.69) is 30.8 Å². The SMILES string of the molecule is Cc1nc(NCCNC(=O)Nc2ccccc2F)cc(N2CCCCC2)n1. The van der Waals surface area contributed by atoms with Crippen molar-refractivity contribution in [1.29, 1.82) is 0 Å². The highest BCUT2D eigenvalue weighted by Crippen LogP contribution is 2.20. The van der Waals surface area contributed by atoms with Gasteiger partial charge in [0.25, 0.3) is 0 Å². The van der Waals surface area contributed by atoms with Crippen LogP contribution < -0.4 is 20.9 Å². The van der Waals surface area contributed by atoms with Gasteiger partial charge in [-0.3, -0.25) is 0 Å². The van der Waals surface area contributed by atoms with E-state index in [0.717, 1.165) is 24.7 Å². The van der Waals surface area contributed by atoms with Gasteiger partial charge in [-0.2, -0.15) is 0 Å². The molecule has 3 N–H and O–H groups in total. The lowest BCUT2D eigenvalue weighted by Gasteiger charge is -2.28. The fourth-order valence-electron chi connectivity index (χ4n) is 3.02. The summed E-state index contributed by atoms with van der Waals surface area (Å²) < 4.78 is 13.5. The summed E-state index contributed by atoms with van der Waals surface area (Å²) in [5, 5.41) is 8.37. The number of piperidine rings is 1. The van der Waals surface area contributed by atoms with Gasteiger partial charge in [-0.15, -0.1) is 0 Å². The number of nitrogens with zero attached hydrogens (tertiary/aromatic N) is 3. The van der Waals surface area contributed by atoms with Crippen LogP contribution >= 0.6 is 0 Å². The Morgan fingerprint density at radius 1 is 1.15 bits per heavy atom. The standard InChI is InChI=1S/C19H25FN6O/c1-14-23-17(13-18(24-14)26-11-5-2-6-12-26)21-9-10-22-19(27)25-16-8-4-3-7-15(16)20/h3-4,7-8,13H,2,5-6,9-12H2,1H3,(H,21,23,24)(H2,22,25,27). The van der Waals surface area contributed by atoms with Gasteiger partial charge in [0.05, 0.1) is 5.69 Å². The molecule has 1 aliphatic heterocycles. The molecule has 144 valence electrons. The van der Waals surface area contributed by atoms with Gasteiger partial charge in [0, 0.05) is 32.2 Å². The minimum absolute atomic E-state index is 0.153. The number of carbonyl (C=O) groups is 1. The van der Waals surface area contributed by atoms with Crippen molar-refractivity contribution in [2.45, 2.75) is 26.2 Å². The van der Waals surface area contributed by atoms with Crippen molar-refractivity contribution in [1.82, 2.24) is 15.3 Å². The Hall–Kier alpha value is -2.90. The third-order valence-electron chi connectivity index (χ3n) is 4.34. The summed E-state index contributed by atoms with van der Waals surface area (Å²) in [6.07, 6.45) is 3.64. The van der Waals surface area contributed by atoms with Crippen LogP contribution in [-0.2, 0) is 0 Å². The molecular weight excluding hydrogens is 347 g/mol. The predicted octanol–water partition coefficient (Wildman–Crippen LogP) is 3.15. The second kappa shape index (κ2) is 9.16. The van der Waals surface area contributed by atoms with Gasteiger partial charge in [-0.1, -0.05) is 12.1 Å². The highest BCUT2D eigenvalue weighted by Gasteiger charge is 2.13. The molecule has 3 rings (SSSR count). The molecule has 2 heterocycles. The number of anilines is 3. The fourth-order valence-corrected chi connectivity index (χ4v) is 3.02. The quantitative estimate of drug-likeness (QED) is 0.679. The molecule has 0 saturated carbocycles. The van der Waals surface area contributed by atoms with E-state index in [-0.39, 0.29) is 5.69 Å². The van der Waals surface area contributed by atoms with Crippen LogP contribution in [0.5, 0.6) is 0 Å². The topological polar surface area (TPSA) is 82.2 Å². The Morgan fingerprint density at radius 2 is 1.93 bits per heavy atom. The monoisotopic (exact) mass is 372 g/mol. The molecule has 1 aliphatic rings. The first kappa shape index (κ1) is 18.9. The smallest absolute Gasteiger partial charge is 0.319 e. The van der Waals surface area contributed by atoms with E-state index in [1.165, 1.54) is 31.4 Å². The van der Waals surface area contributed by atoms with Crippen LogP contribution in [0, 0.1) is 12.7 Å². The second-order valence-corrected chi connectivity index (χ2v) is 6.49. The van der Waals surface area contributed by atoms with Gasteiger partial charge in [-0.25, -0.2) is 19.2 Å². The van der Waals surface area contributed by atoms with Crippen molar-refractivity contribution in [3.63, 3.8) is 0 Å². The molecule has 27 heavy (non-hydrogen) atoms. The molecule has 2 amide bonds. The molecule has 0 radical (unpaired) electrons. The van der Waals surface area contributed by atoms with Crippen LogP contribution in [0.15, 0.2) is 30.3 Å².